The summed E-state index contributed by atoms with van der Waals surface area (Å²) in [6.07, 6.45) is 2.90. The number of carbonyl (C=O) groups is 2. The Balaban J connectivity index is 1.56. The van der Waals surface area contributed by atoms with Crippen molar-refractivity contribution in [3.05, 3.63) is 24.2 Å². The average molecular weight is 388 g/mol. The van der Waals surface area contributed by atoms with Crippen molar-refractivity contribution in [2.45, 2.75) is 64.8 Å². The van der Waals surface area contributed by atoms with Gasteiger partial charge in [-0.2, -0.15) is 5.10 Å². The highest BCUT2D eigenvalue weighted by molar-refractivity contribution is 5.96. The van der Waals surface area contributed by atoms with Gasteiger partial charge in [-0.05, 0) is 27.7 Å². The van der Waals surface area contributed by atoms with Gasteiger partial charge in [-0.3, -0.25) is 14.4 Å². The Morgan fingerprint density at radius 2 is 2.11 bits per heavy atom. The molecule has 0 aromatic carbocycles. The Bertz CT molecular complexity index is 885. The molecule has 2 amide bonds. The minimum absolute atomic E-state index is 0.0264. The van der Waals surface area contributed by atoms with Crippen LogP contribution in [0.15, 0.2) is 17.0 Å². The van der Waals surface area contributed by atoms with E-state index in [9.17, 15) is 9.59 Å². The van der Waals surface area contributed by atoms with Crippen LogP contribution in [0.2, 0.25) is 0 Å². The minimum Gasteiger partial charge on any atom is -0.444 e. The number of hydrogen-bond acceptors (Lipinski definition) is 7. The van der Waals surface area contributed by atoms with Gasteiger partial charge in [0.2, 0.25) is 18.2 Å². The third-order valence-corrected chi connectivity index (χ3v) is 4.99. The Morgan fingerprint density at radius 1 is 1.32 bits per heavy atom. The third-order valence-electron chi connectivity index (χ3n) is 4.99. The smallest absolute Gasteiger partial charge is 0.410 e. The van der Waals surface area contributed by atoms with E-state index in [-0.39, 0.29) is 24.0 Å². The van der Waals surface area contributed by atoms with Crippen molar-refractivity contribution in [2.24, 2.45) is 0 Å². The van der Waals surface area contributed by atoms with E-state index in [4.69, 9.17) is 9.15 Å². The molecular formula is C18H24N6O4. The summed E-state index contributed by atoms with van der Waals surface area (Å²) in [6.45, 7) is 8.81. The van der Waals surface area contributed by atoms with E-state index >= 15 is 0 Å². The van der Waals surface area contributed by atoms with Crippen LogP contribution in [-0.4, -0.2) is 55.1 Å². The number of carbonyl (C=O) groups excluding carboxylic acids is 2. The second kappa shape index (κ2) is 6.61. The van der Waals surface area contributed by atoms with Crippen molar-refractivity contribution in [2.75, 3.05) is 11.4 Å². The minimum atomic E-state index is -0.570. The molecule has 2 aliphatic heterocycles. The van der Waals surface area contributed by atoms with Crippen LogP contribution in [0, 0.1) is 0 Å². The molecule has 0 aliphatic carbocycles. The summed E-state index contributed by atoms with van der Waals surface area (Å²) in [7, 11) is 0. The third kappa shape index (κ3) is 3.34. The second-order valence-corrected chi connectivity index (χ2v) is 8.30. The molecule has 2 atom stereocenters. The molecule has 2 aromatic rings. The van der Waals surface area contributed by atoms with Gasteiger partial charge in [0.05, 0.1) is 42.6 Å². The molecule has 2 unspecified atom stereocenters. The molecule has 2 aromatic heterocycles. The molecule has 0 radical (unpaired) electrons. The van der Waals surface area contributed by atoms with Crippen LogP contribution in [-0.2, 0) is 22.6 Å². The quantitative estimate of drug-likeness (QED) is 0.773. The number of aromatic nitrogens is 4. The van der Waals surface area contributed by atoms with Gasteiger partial charge in [0.15, 0.2) is 0 Å². The van der Waals surface area contributed by atoms with Gasteiger partial charge in [-0.25, -0.2) is 4.79 Å². The van der Waals surface area contributed by atoms with Gasteiger partial charge in [0, 0.05) is 13.0 Å². The average Bonchev–Trinajstić information content (AvgIpc) is 3.31. The Hall–Kier alpha value is -2.91. The van der Waals surface area contributed by atoms with Crippen LogP contribution in [0.25, 0.3) is 0 Å². The first-order valence-electron chi connectivity index (χ1n) is 9.33. The van der Waals surface area contributed by atoms with E-state index in [1.165, 1.54) is 6.39 Å². The number of fused-ring (bicyclic) bond motifs is 1. The number of hydrogen-bond donors (Lipinski definition) is 0. The van der Waals surface area contributed by atoms with Crippen LogP contribution in [0.5, 0.6) is 0 Å². The highest BCUT2D eigenvalue weighted by Gasteiger charge is 2.39. The van der Waals surface area contributed by atoms with E-state index in [1.807, 2.05) is 32.4 Å². The van der Waals surface area contributed by atoms with Crippen LogP contribution in [0.3, 0.4) is 0 Å². The van der Waals surface area contributed by atoms with Crippen molar-refractivity contribution < 1.29 is 18.7 Å². The molecule has 10 nitrogen and oxygen atoms in total. The summed E-state index contributed by atoms with van der Waals surface area (Å²) in [4.78, 5) is 28.6. The normalized spacial score (nSPS) is 22.5. The number of ether oxygens (including phenoxy) is 1. The maximum absolute atomic E-state index is 12.6. The summed E-state index contributed by atoms with van der Waals surface area (Å²) in [5.74, 6) is 0.289. The molecule has 0 N–H and O–H groups in total. The first-order chi connectivity index (χ1) is 13.2. The van der Waals surface area contributed by atoms with E-state index in [2.05, 4.69) is 15.3 Å². The topological polar surface area (TPSA) is 107 Å². The monoisotopic (exact) mass is 388 g/mol. The van der Waals surface area contributed by atoms with Gasteiger partial charge >= 0.3 is 6.09 Å². The van der Waals surface area contributed by atoms with Crippen molar-refractivity contribution in [3.63, 3.8) is 0 Å². The summed E-state index contributed by atoms with van der Waals surface area (Å²) in [5, 5.41) is 12.1. The van der Waals surface area contributed by atoms with Crippen LogP contribution in [0.4, 0.5) is 10.5 Å². The molecular weight excluding hydrogens is 364 g/mol. The molecule has 4 rings (SSSR count). The lowest BCUT2D eigenvalue weighted by molar-refractivity contribution is -0.117. The summed E-state index contributed by atoms with van der Waals surface area (Å²) >= 11 is 0. The molecule has 1 saturated heterocycles. The fourth-order valence-corrected chi connectivity index (χ4v) is 3.64. The zero-order valence-electron chi connectivity index (χ0n) is 16.5. The van der Waals surface area contributed by atoms with Gasteiger partial charge in [-0.1, -0.05) is 0 Å². The predicted octanol–water partition coefficient (Wildman–Crippen LogP) is 1.93. The molecule has 4 heterocycles. The van der Waals surface area contributed by atoms with Gasteiger partial charge in [-0.15, -0.1) is 10.2 Å². The zero-order valence-corrected chi connectivity index (χ0v) is 16.5. The molecule has 28 heavy (non-hydrogen) atoms. The van der Waals surface area contributed by atoms with Crippen LogP contribution >= 0.6 is 0 Å². The highest BCUT2D eigenvalue weighted by Crippen LogP contribution is 2.34. The maximum Gasteiger partial charge on any atom is 0.410 e. The van der Waals surface area contributed by atoms with Crippen LogP contribution in [0.1, 0.15) is 51.6 Å². The lowest BCUT2D eigenvalue weighted by atomic mass is 10.1. The molecule has 0 spiro atoms. The van der Waals surface area contributed by atoms with Crippen molar-refractivity contribution in [1.29, 1.82) is 0 Å². The maximum atomic E-state index is 12.6. The van der Waals surface area contributed by atoms with Gasteiger partial charge in [0.1, 0.15) is 5.60 Å². The summed E-state index contributed by atoms with van der Waals surface area (Å²) in [6, 6.07) is -0.0597. The number of anilines is 1. The van der Waals surface area contributed by atoms with E-state index < -0.39 is 5.60 Å². The molecule has 150 valence electrons. The lowest BCUT2D eigenvalue weighted by Gasteiger charge is -2.36. The second-order valence-electron chi connectivity index (χ2n) is 8.30. The molecule has 2 aliphatic rings. The Labute approximate surface area is 162 Å². The number of rotatable bonds is 2. The first-order valence-corrected chi connectivity index (χ1v) is 9.33. The van der Waals surface area contributed by atoms with Crippen LogP contribution < -0.4 is 4.90 Å². The Kier molecular flexibility index (Phi) is 4.35. The predicted molar refractivity (Wildman–Crippen MR) is 97.5 cm³/mol. The Morgan fingerprint density at radius 3 is 2.79 bits per heavy atom. The number of nitrogens with zero attached hydrogens (tertiary/aromatic N) is 6. The number of amides is 2. The van der Waals surface area contributed by atoms with Crippen molar-refractivity contribution >= 4 is 17.7 Å². The first kappa shape index (κ1) is 18.5. The fraction of sp³-hybridized carbons (Fsp3) is 0.611. The molecule has 0 bridgehead atoms. The van der Waals surface area contributed by atoms with Crippen molar-refractivity contribution in [1.82, 2.24) is 24.9 Å². The van der Waals surface area contributed by atoms with Gasteiger partial charge < -0.3 is 14.1 Å². The highest BCUT2D eigenvalue weighted by atomic mass is 16.6. The fourth-order valence-electron chi connectivity index (χ4n) is 3.64. The van der Waals surface area contributed by atoms with Crippen molar-refractivity contribution in [3.8, 4) is 0 Å². The molecule has 1 fully saturated rings. The largest absolute Gasteiger partial charge is 0.444 e. The van der Waals surface area contributed by atoms with E-state index in [1.54, 1.807) is 16.0 Å². The zero-order chi connectivity index (χ0) is 20.1. The molecule has 10 heteroatoms. The van der Waals surface area contributed by atoms with Gasteiger partial charge in [0.25, 0.3) is 0 Å². The molecule has 0 saturated carbocycles. The summed E-state index contributed by atoms with van der Waals surface area (Å²) in [5.41, 5.74) is 0.968. The lowest BCUT2D eigenvalue weighted by Crippen LogP contribution is -2.47. The van der Waals surface area contributed by atoms with E-state index in [0.717, 1.165) is 5.69 Å². The standard InChI is InChI=1S/C18H24N6O4/c1-11-7-24-14(9-22(11)17(26)28-18(2,3)4)13(6-20-24)23-8-12(5-15(23)25)16-21-19-10-27-16/h6,10-12H,5,7-9H2,1-4H3. The summed E-state index contributed by atoms with van der Waals surface area (Å²) < 4.78 is 12.7. The van der Waals surface area contributed by atoms with E-state index in [0.29, 0.717) is 37.6 Å². The SMILES string of the molecule is CC1Cn2ncc(N3CC(c4nnco4)CC3=O)c2CN1C(=O)OC(C)(C)C.